The van der Waals surface area contributed by atoms with Crippen molar-refractivity contribution < 1.29 is 13.9 Å². The van der Waals surface area contributed by atoms with Gasteiger partial charge in [-0.15, -0.1) is 0 Å². The van der Waals surface area contributed by atoms with Crippen LogP contribution in [0.5, 0.6) is 0 Å². The van der Waals surface area contributed by atoms with Crippen LogP contribution in [0, 0.1) is 12.7 Å². The molecule has 0 spiro atoms. The maximum absolute atomic E-state index is 12.9. The van der Waals surface area contributed by atoms with E-state index in [0.717, 1.165) is 17.1 Å². The Labute approximate surface area is 128 Å². The van der Waals surface area contributed by atoms with Gasteiger partial charge in [0.1, 0.15) is 17.7 Å². The van der Waals surface area contributed by atoms with Gasteiger partial charge in [-0.2, -0.15) is 0 Å². The number of carbonyl (C=O) groups excluding carboxylic acids is 1. The molecule has 1 aromatic carbocycles. The number of hydrogen-bond donors (Lipinski definition) is 1. The third-order valence-electron chi connectivity index (χ3n) is 3.72. The maximum atomic E-state index is 12.9. The molecule has 1 atom stereocenters. The highest BCUT2D eigenvalue weighted by molar-refractivity contribution is 5.78. The van der Waals surface area contributed by atoms with Gasteiger partial charge in [0.05, 0.1) is 19.6 Å². The molecule has 0 saturated carbocycles. The van der Waals surface area contributed by atoms with E-state index >= 15 is 0 Å². The number of aromatic amines is 1. The zero-order chi connectivity index (χ0) is 15.5. The second kappa shape index (κ2) is 6.27. The minimum atomic E-state index is -0.296. The van der Waals surface area contributed by atoms with Crippen molar-refractivity contribution in [3.63, 3.8) is 0 Å². The number of halogens is 1. The minimum absolute atomic E-state index is 0.0168. The molecule has 1 unspecified atom stereocenters. The summed E-state index contributed by atoms with van der Waals surface area (Å²) in [6.45, 7) is 3.46. The summed E-state index contributed by atoms with van der Waals surface area (Å²) in [7, 11) is 0. The predicted octanol–water partition coefficient (Wildman–Crippen LogP) is 2.00. The highest BCUT2D eigenvalue weighted by Gasteiger charge is 2.27. The first-order valence-corrected chi connectivity index (χ1v) is 7.27. The van der Waals surface area contributed by atoms with Crippen LogP contribution < -0.4 is 0 Å². The Bertz CT molecular complexity index is 654. The van der Waals surface area contributed by atoms with E-state index in [9.17, 15) is 9.18 Å². The smallest absolute Gasteiger partial charge is 0.227 e. The van der Waals surface area contributed by atoms with Crippen LogP contribution in [0.25, 0.3) is 0 Å². The number of carbonyl (C=O) groups is 1. The van der Waals surface area contributed by atoms with Crippen LogP contribution in [0.2, 0.25) is 0 Å². The molecule has 6 heteroatoms. The molecule has 0 aliphatic carbocycles. The third-order valence-corrected chi connectivity index (χ3v) is 3.72. The Balaban J connectivity index is 1.63. The second-order valence-electron chi connectivity index (χ2n) is 5.45. The summed E-state index contributed by atoms with van der Waals surface area (Å²) in [6.07, 6.45) is 1.79. The molecule has 22 heavy (non-hydrogen) atoms. The molecule has 1 N–H and O–H groups in total. The summed E-state index contributed by atoms with van der Waals surface area (Å²) in [5, 5.41) is 0. The molecule has 5 nitrogen and oxygen atoms in total. The van der Waals surface area contributed by atoms with E-state index in [-0.39, 0.29) is 24.2 Å². The van der Waals surface area contributed by atoms with E-state index in [0.29, 0.717) is 19.7 Å². The normalized spacial score (nSPS) is 18.5. The zero-order valence-electron chi connectivity index (χ0n) is 12.4. The molecule has 1 aliphatic heterocycles. The Hall–Kier alpha value is -2.21. The number of rotatable bonds is 3. The second-order valence-corrected chi connectivity index (χ2v) is 5.45. The number of aryl methyl sites for hydroxylation is 1. The largest absolute Gasteiger partial charge is 0.367 e. The van der Waals surface area contributed by atoms with Crippen LogP contribution in [-0.2, 0) is 16.0 Å². The summed E-state index contributed by atoms with van der Waals surface area (Å²) < 4.78 is 18.6. The highest BCUT2D eigenvalue weighted by Crippen LogP contribution is 2.20. The first-order valence-electron chi connectivity index (χ1n) is 7.27. The Morgan fingerprint density at radius 1 is 1.45 bits per heavy atom. The molecule has 2 heterocycles. The highest BCUT2D eigenvalue weighted by atomic mass is 19.1. The monoisotopic (exact) mass is 303 g/mol. The fraction of sp³-hybridized carbons (Fsp3) is 0.375. The summed E-state index contributed by atoms with van der Waals surface area (Å²) in [6, 6.07) is 6.02. The Kier molecular flexibility index (Phi) is 4.20. The molecular weight excluding hydrogens is 285 g/mol. The fourth-order valence-corrected chi connectivity index (χ4v) is 2.53. The summed E-state index contributed by atoms with van der Waals surface area (Å²) in [5.74, 6) is 0.468. The number of nitrogens with zero attached hydrogens (tertiary/aromatic N) is 2. The van der Waals surface area contributed by atoms with Crippen molar-refractivity contribution in [1.29, 1.82) is 0 Å². The van der Waals surface area contributed by atoms with Gasteiger partial charge in [0, 0.05) is 18.4 Å². The van der Waals surface area contributed by atoms with Crippen molar-refractivity contribution in [2.45, 2.75) is 19.4 Å². The number of aromatic nitrogens is 2. The van der Waals surface area contributed by atoms with Crippen LogP contribution >= 0.6 is 0 Å². The van der Waals surface area contributed by atoms with Gasteiger partial charge < -0.3 is 14.6 Å². The summed E-state index contributed by atoms with van der Waals surface area (Å²) in [5.41, 5.74) is 1.77. The summed E-state index contributed by atoms with van der Waals surface area (Å²) >= 11 is 0. The predicted molar refractivity (Wildman–Crippen MR) is 78.7 cm³/mol. The Morgan fingerprint density at radius 3 is 2.91 bits per heavy atom. The average Bonchev–Trinajstić information content (AvgIpc) is 2.96. The van der Waals surface area contributed by atoms with Crippen LogP contribution in [0.3, 0.4) is 0 Å². The quantitative estimate of drug-likeness (QED) is 0.943. The SMILES string of the molecule is Cc1cnc(C2CN(C(=O)Cc3ccc(F)cc3)CCO2)[nH]1. The number of hydrogen-bond acceptors (Lipinski definition) is 3. The van der Waals surface area contributed by atoms with Gasteiger partial charge in [-0.25, -0.2) is 9.37 Å². The molecule has 0 radical (unpaired) electrons. The third kappa shape index (κ3) is 3.33. The summed E-state index contributed by atoms with van der Waals surface area (Å²) in [4.78, 5) is 21.6. The lowest BCUT2D eigenvalue weighted by Crippen LogP contribution is -2.43. The van der Waals surface area contributed by atoms with E-state index in [1.165, 1.54) is 12.1 Å². The zero-order valence-corrected chi connectivity index (χ0v) is 12.4. The molecule has 1 fully saturated rings. The molecule has 0 bridgehead atoms. The number of nitrogens with one attached hydrogen (secondary N) is 1. The van der Waals surface area contributed by atoms with Crippen molar-refractivity contribution in [1.82, 2.24) is 14.9 Å². The maximum Gasteiger partial charge on any atom is 0.227 e. The van der Waals surface area contributed by atoms with Gasteiger partial charge in [-0.3, -0.25) is 4.79 Å². The van der Waals surface area contributed by atoms with Crippen molar-refractivity contribution in [2.75, 3.05) is 19.7 Å². The molecule has 1 aliphatic rings. The molecule has 1 saturated heterocycles. The standard InChI is InChI=1S/C16H18FN3O2/c1-11-9-18-16(19-11)14-10-20(6-7-22-14)15(21)8-12-2-4-13(17)5-3-12/h2-5,9,14H,6-8,10H2,1H3,(H,18,19). The van der Waals surface area contributed by atoms with Crippen molar-refractivity contribution >= 4 is 5.91 Å². The minimum Gasteiger partial charge on any atom is -0.367 e. The first-order chi connectivity index (χ1) is 10.6. The number of morpholine rings is 1. The van der Waals surface area contributed by atoms with Crippen LogP contribution in [0.1, 0.15) is 23.2 Å². The van der Waals surface area contributed by atoms with Crippen LogP contribution in [0.15, 0.2) is 30.5 Å². The first kappa shape index (κ1) is 14.7. The molecular formula is C16H18FN3O2. The van der Waals surface area contributed by atoms with Gasteiger partial charge >= 0.3 is 0 Å². The lowest BCUT2D eigenvalue weighted by Gasteiger charge is -2.32. The van der Waals surface area contributed by atoms with Crippen LogP contribution in [0.4, 0.5) is 4.39 Å². The van der Waals surface area contributed by atoms with Gasteiger partial charge in [0.2, 0.25) is 5.91 Å². The van der Waals surface area contributed by atoms with E-state index in [2.05, 4.69) is 9.97 Å². The average molecular weight is 303 g/mol. The fourth-order valence-electron chi connectivity index (χ4n) is 2.53. The molecule has 1 aromatic heterocycles. The topological polar surface area (TPSA) is 58.2 Å². The number of amides is 1. The molecule has 2 aromatic rings. The van der Waals surface area contributed by atoms with E-state index in [4.69, 9.17) is 4.74 Å². The van der Waals surface area contributed by atoms with Gasteiger partial charge in [0.25, 0.3) is 0 Å². The van der Waals surface area contributed by atoms with E-state index in [1.54, 1.807) is 23.2 Å². The van der Waals surface area contributed by atoms with Gasteiger partial charge in [-0.05, 0) is 24.6 Å². The lowest BCUT2D eigenvalue weighted by molar-refractivity contribution is -0.138. The van der Waals surface area contributed by atoms with Crippen molar-refractivity contribution in [3.8, 4) is 0 Å². The van der Waals surface area contributed by atoms with Crippen molar-refractivity contribution in [2.24, 2.45) is 0 Å². The molecule has 116 valence electrons. The van der Waals surface area contributed by atoms with E-state index < -0.39 is 0 Å². The van der Waals surface area contributed by atoms with Gasteiger partial charge in [-0.1, -0.05) is 12.1 Å². The number of H-pyrrole nitrogens is 1. The van der Waals surface area contributed by atoms with E-state index in [1.807, 2.05) is 6.92 Å². The van der Waals surface area contributed by atoms with Gasteiger partial charge in [0.15, 0.2) is 0 Å². The Morgan fingerprint density at radius 2 is 2.23 bits per heavy atom. The number of imidazole rings is 1. The van der Waals surface area contributed by atoms with Crippen molar-refractivity contribution in [3.05, 3.63) is 53.4 Å². The number of ether oxygens (including phenoxy) is 1. The molecule has 1 amide bonds. The number of benzene rings is 1. The lowest BCUT2D eigenvalue weighted by atomic mass is 10.1. The van der Waals surface area contributed by atoms with Crippen LogP contribution in [-0.4, -0.2) is 40.5 Å². The molecule has 3 rings (SSSR count).